The van der Waals surface area contributed by atoms with Gasteiger partial charge in [-0.2, -0.15) is 23.0 Å². The molecule has 0 fully saturated rings. The molecule has 1 amide bonds. The van der Waals surface area contributed by atoms with Gasteiger partial charge in [-0.25, -0.2) is 4.98 Å². The third-order valence-electron chi connectivity index (χ3n) is 5.51. The summed E-state index contributed by atoms with van der Waals surface area (Å²) < 4.78 is 46.7. The number of hydrogen-bond donors (Lipinski definition) is 1. The molecule has 0 radical (unpaired) electrons. The van der Waals surface area contributed by atoms with Crippen molar-refractivity contribution in [1.82, 2.24) is 14.8 Å². The predicted octanol–water partition coefficient (Wildman–Crippen LogP) is 5.29. The first-order valence-electron chi connectivity index (χ1n) is 9.76. The Morgan fingerprint density at radius 2 is 1.94 bits per heavy atom. The zero-order valence-electron chi connectivity index (χ0n) is 17.0. The smallest absolute Gasteiger partial charge is 0.416 e. The van der Waals surface area contributed by atoms with Crippen LogP contribution in [0.5, 0.6) is 5.75 Å². The van der Waals surface area contributed by atoms with E-state index in [4.69, 9.17) is 4.74 Å². The van der Waals surface area contributed by atoms with Crippen molar-refractivity contribution in [1.29, 1.82) is 0 Å². The molecule has 32 heavy (non-hydrogen) atoms. The van der Waals surface area contributed by atoms with Crippen molar-refractivity contribution in [3.8, 4) is 10.9 Å². The Kier molecular flexibility index (Phi) is 4.70. The van der Waals surface area contributed by atoms with Gasteiger partial charge < -0.3 is 10.1 Å². The fraction of sp³-hybridized carbons (Fsp3) is 0.227. The van der Waals surface area contributed by atoms with Crippen LogP contribution in [-0.2, 0) is 11.0 Å². The molecule has 1 aliphatic heterocycles. The van der Waals surface area contributed by atoms with Crippen LogP contribution in [0, 0.1) is 6.92 Å². The number of methoxy groups -OCH3 is 1. The first-order valence-corrected chi connectivity index (χ1v) is 10.6. The molecule has 1 atom stereocenters. The Balaban J connectivity index is 1.59. The number of carbonyl (C=O) groups is 1. The Hall–Kier alpha value is -3.40. The van der Waals surface area contributed by atoms with Gasteiger partial charge in [0.1, 0.15) is 11.6 Å². The number of hydrogen-bond acceptors (Lipinski definition) is 5. The number of nitrogens with zero attached hydrogens (tertiary/aromatic N) is 3. The number of halogens is 3. The Morgan fingerprint density at radius 3 is 2.62 bits per heavy atom. The van der Waals surface area contributed by atoms with Gasteiger partial charge in [0.15, 0.2) is 0 Å². The first-order chi connectivity index (χ1) is 15.2. The molecular weight excluding hydrogens is 441 g/mol. The van der Waals surface area contributed by atoms with Crippen LogP contribution in [0.1, 0.15) is 34.7 Å². The number of benzene rings is 2. The summed E-state index contributed by atoms with van der Waals surface area (Å²) in [5.74, 6) is 0.576. The molecule has 5 rings (SSSR count). The lowest BCUT2D eigenvalue weighted by Crippen LogP contribution is -2.25. The number of alkyl halides is 3. The van der Waals surface area contributed by atoms with E-state index in [1.54, 1.807) is 11.8 Å². The first kappa shape index (κ1) is 20.5. The summed E-state index contributed by atoms with van der Waals surface area (Å²) in [6.07, 6.45) is -4.29. The minimum Gasteiger partial charge on any atom is -0.497 e. The number of ether oxygens (including phenoxy) is 1. The van der Waals surface area contributed by atoms with E-state index < -0.39 is 17.7 Å². The van der Waals surface area contributed by atoms with Crippen molar-refractivity contribution >= 4 is 33.3 Å². The summed E-state index contributed by atoms with van der Waals surface area (Å²) in [6.45, 7) is 1.82. The molecule has 6 nitrogen and oxygen atoms in total. The number of anilines is 1. The number of aromatic nitrogens is 3. The van der Waals surface area contributed by atoms with Crippen molar-refractivity contribution in [3.63, 3.8) is 0 Å². The largest absolute Gasteiger partial charge is 0.497 e. The van der Waals surface area contributed by atoms with Crippen LogP contribution in [0.2, 0.25) is 0 Å². The Bertz CT molecular complexity index is 1340. The van der Waals surface area contributed by atoms with Gasteiger partial charge in [-0.15, -0.1) is 0 Å². The number of fused-ring (bicyclic) bond motifs is 2. The fourth-order valence-corrected chi connectivity index (χ4v) is 4.94. The Labute approximate surface area is 184 Å². The lowest BCUT2D eigenvalue weighted by Gasteiger charge is -2.24. The summed E-state index contributed by atoms with van der Waals surface area (Å²) in [6, 6.07) is 10.5. The van der Waals surface area contributed by atoms with Gasteiger partial charge in [-0.3, -0.25) is 4.79 Å². The van der Waals surface area contributed by atoms with Crippen LogP contribution in [0.4, 0.5) is 19.0 Å². The molecule has 2 aromatic heterocycles. The fourth-order valence-electron chi connectivity index (χ4n) is 3.99. The van der Waals surface area contributed by atoms with Crippen LogP contribution in [-0.4, -0.2) is 27.8 Å². The van der Waals surface area contributed by atoms with Crippen molar-refractivity contribution in [2.24, 2.45) is 0 Å². The van der Waals surface area contributed by atoms with Crippen LogP contribution >= 0.6 is 11.3 Å². The average molecular weight is 458 g/mol. The second-order valence-electron chi connectivity index (χ2n) is 7.51. The molecule has 0 aliphatic carbocycles. The van der Waals surface area contributed by atoms with Gasteiger partial charge >= 0.3 is 6.18 Å². The number of thiazole rings is 1. The topological polar surface area (TPSA) is 69.0 Å². The van der Waals surface area contributed by atoms with E-state index in [-0.39, 0.29) is 12.3 Å². The number of aryl methyl sites for hydroxylation is 1. The van der Waals surface area contributed by atoms with Crippen molar-refractivity contribution in [2.45, 2.75) is 25.4 Å². The van der Waals surface area contributed by atoms with E-state index in [9.17, 15) is 18.0 Å². The predicted molar refractivity (Wildman–Crippen MR) is 115 cm³/mol. The Morgan fingerprint density at radius 1 is 1.19 bits per heavy atom. The molecule has 0 spiro atoms. The van der Waals surface area contributed by atoms with Gasteiger partial charge in [0.05, 0.1) is 28.6 Å². The molecule has 2 aromatic carbocycles. The molecular formula is C22H17F3N4O2S. The quantitative estimate of drug-likeness (QED) is 0.453. The number of rotatable bonds is 3. The maximum Gasteiger partial charge on any atom is 0.416 e. The normalized spacial score (nSPS) is 16.2. The van der Waals surface area contributed by atoms with Gasteiger partial charge in [0, 0.05) is 17.9 Å². The van der Waals surface area contributed by atoms with Gasteiger partial charge in [0.25, 0.3) is 0 Å². The van der Waals surface area contributed by atoms with Crippen LogP contribution in [0.25, 0.3) is 15.3 Å². The van der Waals surface area contributed by atoms with Crippen molar-refractivity contribution < 1.29 is 22.7 Å². The number of nitrogens with one attached hydrogen (secondary N) is 1. The van der Waals surface area contributed by atoms with E-state index in [0.29, 0.717) is 28.0 Å². The summed E-state index contributed by atoms with van der Waals surface area (Å²) in [4.78, 5) is 17.1. The minimum atomic E-state index is -4.41. The third-order valence-corrected chi connectivity index (χ3v) is 6.50. The average Bonchev–Trinajstić information content (AvgIpc) is 3.32. The molecule has 0 saturated heterocycles. The molecule has 1 N–H and O–H groups in total. The number of carbonyl (C=O) groups excluding carboxylic acids is 1. The summed E-state index contributed by atoms with van der Waals surface area (Å²) in [5, 5.41) is 8.05. The lowest BCUT2D eigenvalue weighted by molar-refractivity contribution is -0.137. The minimum absolute atomic E-state index is 0.127. The lowest BCUT2D eigenvalue weighted by atomic mass is 9.85. The maximum atomic E-state index is 13.0. The second kappa shape index (κ2) is 7.33. The zero-order valence-corrected chi connectivity index (χ0v) is 17.8. The molecule has 0 saturated carbocycles. The van der Waals surface area contributed by atoms with Crippen LogP contribution < -0.4 is 10.1 Å². The van der Waals surface area contributed by atoms with Gasteiger partial charge in [0.2, 0.25) is 11.0 Å². The molecule has 1 aliphatic rings. The summed E-state index contributed by atoms with van der Waals surface area (Å²) in [5.41, 5.74) is 2.14. The van der Waals surface area contributed by atoms with Crippen molar-refractivity contribution in [2.75, 3.05) is 12.4 Å². The van der Waals surface area contributed by atoms with Gasteiger partial charge in [-0.1, -0.05) is 23.5 Å². The SMILES string of the molecule is COc1ccc2nc(-n3nc(C)c4c3NC(=O)C[C@@H]4c3ccc(C(F)(F)F)cc3)sc2c1. The molecule has 0 unspecified atom stereocenters. The van der Waals surface area contributed by atoms with Crippen LogP contribution in [0.3, 0.4) is 0 Å². The molecule has 4 aromatic rings. The monoisotopic (exact) mass is 458 g/mol. The molecule has 3 heterocycles. The highest BCUT2D eigenvalue weighted by atomic mass is 32.1. The summed E-state index contributed by atoms with van der Waals surface area (Å²) >= 11 is 1.40. The number of amides is 1. The van der Waals surface area contributed by atoms with E-state index in [1.807, 2.05) is 25.1 Å². The maximum absolute atomic E-state index is 13.0. The van der Waals surface area contributed by atoms with E-state index >= 15 is 0 Å². The molecule has 10 heteroatoms. The van der Waals surface area contributed by atoms with Gasteiger partial charge in [-0.05, 0) is 42.8 Å². The van der Waals surface area contributed by atoms with E-state index in [0.717, 1.165) is 27.9 Å². The van der Waals surface area contributed by atoms with Crippen molar-refractivity contribution in [3.05, 3.63) is 64.8 Å². The molecule has 164 valence electrons. The highest BCUT2D eigenvalue weighted by molar-refractivity contribution is 7.20. The highest BCUT2D eigenvalue weighted by Crippen LogP contribution is 2.42. The second-order valence-corrected chi connectivity index (χ2v) is 8.52. The molecule has 0 bridgehead atoms. The van der Waals surface area contributed by atoms with Crippen LogP contribution in [0.15, 0.2) is 42.5 Å². The standard InChI is InChI=1S/C22H17F3N4O2S/c1-11-19-15(12-3-5-13(6-4-12)22(23,24)25)10-18(30)27-20(19)29(28-11)21-26-16-8-7-14(31-2)9-17(16)32-21/h3-9,15H,10H2,1-2H3,(H,27,30)/t15-/m1/s1. The zero-order chi connectivity index (χ0) is 22.6. The van der Waals surface area contributed by atoms with E-state index in [1.165, 1.54) is 23.5 Å². The third kappa shape index (κ3) is 3.40. The highest BCUT2D eigenvalue weighted by Gasteiger charge is 2.35. The van der Waals surface area contributed by atoms with E-state index in [2.05, 4.69) is 15.4 Å². The summed E-state index contributed by atoms with van der Waals surface area (Å²) in [7, 11) is 1.59.